The molecule has 0 unspecified atom stereocenters. The summed E-state index contributed by atoms with van der Waals surface area (Å²) in [5.41, 5.74) is -0.758. The average molecular weight is 196 g/mol. The third-order valence-electron chi connectivity index (χ3n) is 1.44. The first kappa shape index (κ1) is 9.32. The van der Waals surface area contributed by atoms with Crippen molar-refractivity contribution >= 4 is 11.6 Å². The van der Waals surface area contributed by atoms with E-state index in [2.05, 4.69) is 4.98 Å². The van der Waals surface area contributed by atoms with Crippen LogP contribution < -0.4 is 0 Å². The monoisotopic (exact) mass is 195 g/mol. The second-order valence-electron chi connectivity index (χ2n) is 2.24. The minimum Gasteiger partial charge on any atom is -0.244 e. The van der Waals surface area contributed by atoms with E-state index in [0.717, 1.165) is 6.20 Å². The molecule has 66 valence electrons. The molecule has 0 N–H and O–H groups in total. The lowest BCUT2D eigenvalue weighted by Gasteiger charge is -2.04. The van der Waals surface area contributed by atoms with Crippen molar-refractivity contribution in [1.82, 2.24) is 4.98 Å². The van der Waals surface area contributed by atoms with Crippen molar-refractivity contribution < 1.29 is 13.2 Å². The molecule has 0 atom stereocenters. The first-order valence-electron chi connectivity index (χ1n) is 3.12. The predicted octanol–water partition coefficient (Wildman–Crippen LogP) is 3.12. The van der Waals surface area contributed by atoms with Gasteiger partial charge in [-0.1, -0.05) is 11.6 Å². The van der Waals surface area contributed by atoms with Gasteiger partial charge in [-0.05, 0) is 6.92 Å². The van der Waals surface area contributed by atoms with Crippen molar-refractivity contribution in [3.63, 3.8) is 0 Å². The fraction of sp³-hybridized carbons (Fsp3) is 0.286. The fourth-order valence-electron chi connectivity index (χ4n) is 0.739. The Hall–Kier alpha value is -0.770. The van der Waals surface area contributed by atoms with Gasteiger partial charge < -0.3 is 0 Å². The molecule has 0 bridgehead atoms. The maximum atomic E-state index is 12.9. The van der Waals surface area contributed by atoms with Crippen LogP contribution >= 0.6 is 11.6 Å². The number of aromatic nitrogens is 1. The summed E-state index contributed by atoms with van der Waals surface area (Å²) >= 11 is 5.39. The molecule has 0 amide bonds. The smallest absolute Gasteiger partial charge is 0.244 e. The number of nitrogens with zero attached hydrogens (tertiary/aromatic N) is 1. The fourth-order valence-corrected chi connectivity index (χ4v) is 0.871. The Morgan fingerprint density at radius 3 is 2.58 bits per heavy atom. The maximum Gasteiger partial charge on any atom is 0.268 e. The standard InChI is InChI=1S/C7H5ClF3N/c1-3-5(9)4(7(10)11)2-12-6(3)8/h2,7H,1H3. The van der Waals surface area contributed by atoms with Crippen molar-refractivity contribution in [2.75, 3.05) is 0 Å². The van der Waals surface area contributed by atoms with E-state index in [1.807, 2.05) is 0 Å². The number of hydrogen-bond donors (Lipinski definition) is 0. The lowest BCUT2D eigenvalue weighted by Crippen LogP contribution is -1.96. The van der Waals surface area contributed by atoms with E-state index in [0.29, 0.717) is 0 Å². The topological polar surface area (TPSA) is 12.9 Å². The molecule has 0 aliphatic rings. The van der Waals surface area contributed by atoms with Crippen LogP contribution in [0.4, 0.5) is 13.2 Å². The normalized spacial score (nSPS) is 10.8. The van der Waals surface area contributed by atoms with Gasteiger partial charge >= 0.3 is 0 Å². The summed E-state index contributed by atoms with van der Waals surface area (Å²) in [6.45, 7) is 1.30. The molecule has 0 aliphatic heterocycles. The van der Waals surface area contributed by atoms with E-state index in [9.17, 15) is 13.2 Å². The Bertz CT molecular complexity index is 301. The quantitative estimate of drug-likeness (QED) is 0.628. The van der Waals surface area contributed by atoms with Crippen LogP contribution in [0, 0.1) is 12.7 Å². The van der Waals surface area contributed by atoms with Gasteiger partial charge in [0.15, 0.2) is 0 Å². The lowest BCUT2D eigenvalue weighted by molar-refractivity contribution is 0.145. The van der Waals surface area contributed by atoms with Gasteiger partial charge in [0.05, 0.1) is 5.56 Å². The van der Waals surface area contributed by atoms with E-state index in [-0.39, 0.29) is 10.7 Å². The summed E-state index contributed by atoms with van der Waals surface area (Å²) in [6, 6.07) is 0. The van der Waals surface area contributed by atoms with Gasteiger partial charge in [-0.2, -0.15) is 0 Å². The molecule has 12 heavy (non-hydrogen) atoms. The zero-order chi connectivity index (χ0) is 9.30. The van der Waals surface area contributed by atoms with Crippen molar-refractivity contribution in [3.8, 4) is 0 Å². The molecule has 0 spiro atoms. The Kier molecular flexibility index (Phi) is 2.57. The summed E-state index contributed by atoms with van der Waals surface area (Å²) in [6.07, 6.45) is -2.11. The predicted molar refractivity (Wildman–Crippen MR) is 38.9 cm³/mol. The molecule has 1 rings (SSSR count). The van der Waals surface area contributed by atoms with Gasteiger partial charge in [-0.15, -0.1) is 0 Å². The van der Waals surface area contributed by atoms with Crippen LogP contribution in [0.15, 0.2) is 6.20 Å². The highest BCUT2D eigenvalue weighted by Gasteiger charge is 2.17. The maximum absolute atomic E-state index is 12.9. The van der Waals surface area contributed by atoms with Crippen LogP contribution in [0.3, 0.4) is 0 Å². The van der Waals surface area contributed by atoms with Gasteiger partial charge in [-0.25, -0.2) is 18.2 Å². The van der Waals surface area contributed by atoms with E-state index in [1.165, 1.54) is 6.92 Å². The van der Waals surface area contributed by atoms with Gasteiger partial charge in [-0.3, -0.25) is 0 Å². The number of pyridine rings is 1. The Morgan fingerprint density at radius 1 is 1.50 bits per heavy atom. The zero-order valence-corrected chi connectivity index (χ0v) is 6.87. The number of alkyl halides is 2. The van der Waals surface area contributed by atoms with E-state index >= 15 is 0 Å². The summed E-state index contributed by atoms with van der Waals surface area (Å²) in [7, 11) is 0. The average Bonchev–Trinajstić information content (AvgIpc) is 2.00. The molecular formula is C7H5ClF3N. The number of hydrogen-bond acceptors (Lipinski definition) is 1. The Morgan fingerprint density at radius 2 is 2.08 bits per heavy atom. The van der Waals surface area contributed by atoms with Crippen LogP contribution in [-0.4, -0.2) is 4.98 Å². The minimum absolute atomic E-state index is 0.0468. The lowest BCUT2D eigenvalue weighted by atomic mass is 10.2. The van der Waals surface area contributed by atoms with Gasteiger partial charge in [0.25, 0.3) is 6.43 Å². The highest BCUT2D eigenvalue weighted by Crippen LogP contribution is 2.25. The molecule has 0 saturated heterocycles. The van der Waals surface area contributed by atoms with E-state index in [4.69, 9.17) is 11.6 Å². The Balaban J connectivity index is 3.27. The van der Waals surface area contributed by atoms with Crippen molar-refractivity contribution in [3.05, 3.63) is 28.3 Å². The molecule has 0 aromatic carbocycles. The van der Waals surface area contributed by atoms with E-state index < -0.39 is 17.8 Å². The van der Waals surface area contributed by atoms with Gasteiger partial charge in [0.1, 0.15) is 11.0 Å². The largest absolute Gasteiger partial charge is 0.268 e. The van der Waals surface area contributed by atoms with Crippen LogP contribution in [-0.2, 0) is 0 Å². The molecule has 1 heterocycles. The van der Waals surface area contributed by atoms with Crippen molar-refractivity contribution in [2.45, 2.75) is 13.3 Å². The van der Waals surface area contributed by atoms with Crippen molar-refractivity contribution in [2.24, 2.45) is 0 Å². The third kappa shape index (κ3) is 1.53. The molecule has 0 aliphatic carbocycles. The third-order valence-corrected chi connectivity index (χ3v) is 1.83. The summed E-state index contributed by atoms with van der Waals surface area (Å²) in [4.78, 5) is 3.41. The highest BCUT2D eigenvalue weighted by molar-refractivity contribution is 6.30. The second kappa shape index (κ2) is 3.31. The summed E-state index contributed by atoms with van der Waals surface area (Å²) in [5, 5.41) is -0.0862. The second-order valence-corrected chi connectivity index (χ2v) is 2.60. The van der Waals surface area contributed by atoms with Gasteiger partial charge in [0.2, 0.25) is 0 Å². The summed E-state index contributed by atoms with van der Waals surface area (Å²) in [5.74, 6) is -0.981. The van der Waals surface area contributed by atoms with Crippen LogP contribution in [0.2, 0.25) is 5.15 Å². The molecule has 0 saturated carbocycles. The molecule has 0 fully saturated rings. The Labute approximate surface area is 72.2 Å². The van der Waals surface area contributed by atoms with Crippen LogP contribution in [0.25, 0.3) is 0 Å². The molecule has 1 nitrogen and oxygen atoms in total. The first-order chi connectivity index (χ1) is 5.54. The SMILES string of the molecule is Cc1c(Cl)ncc(C(F)F)c1F. The van der Waals surface area contributed by atoms with Gasteiger partial charge in [0, 0.05) is 11.8 Å². The molecule has 0 radical (unpaired) electrons. The highest BCUT2D eigenvalue weighted by atomic mass is 35.5. The molecule has 5 heteroatoms. The number of rotatable bonds is 1. The van der Waals surface area contributed by atoms with Crippen molar-refractivity contribution in [1.29, 1.82) is 0 Å². The molecular weight excluding hydrogens is 191 g/mol. The number of halogens is 4. The molecule has 1 aromatic heterocycles. The van der Waals surface area contributed by atoms with Crippen LogP contribution in [0.1, 0.15) is 17.6 Å². The minimum atomic E-state index is -2.85. The zero-order valence-electron chi connectivity index (χ0n) is 6.11. The molecule has 1 aromatic rings. The first-order valence-corrected chi connectivity index (χ1v) is 3.50. The van der Waals surface area contributed by atoms with Crippen LogP contribution in [0.5, 0.6) is 0 Å². The summed E-state index contributed by atoms with van der Waals surface area (Å²) < 4.78 is 36.9. The van der Waals surface area contributed by atoms with E-state index in [1.54, 1.807) is 0 Å².